The maximum absolute atomic E-state index is 12.8. The van der Waals surface area contributed by atoms with E-state index in [1.54, 1.807) is 16.4 Å². The highest BCUT2D eigenvalue weighted by atomic mass is 32.2. The first-order chi connectivity index (χ1) is 11.1. The van der Waals surface area contributed by atoms with Crippen molar-refractivity contribution in [2.75, 3.05) is 31.1 Å². The molecule has 0 spiro atoms. The van der Waals surface area contributed by atoms with Crippen molar-refractivity contribution in [3.63, 3.8) is 0 Å². The molecule has 0 saturated carbocycles. The zero-order valence-corrected chi connectivity index (χ0v) is 14.2. The first-order valence-corrected chi connectivity index (χ1v) is 9.38. The third-order valence-electron chi connectivity index (χ3n) is 4.23. The monoisotopic (exact) mass is 330 g/mol. The largest absolute Gasteiger partial charge is 0.370 e. The van der Waals surface area contributed by atoms with E-state index in [2.05, 4.69) is 17.0 Å². The number of hydrogen-bond acceptors (Lipinski definition) is 3. The van der Waals surface area contributed by atoms with Crippen LogP contribution >= 0.6 is 0 Å². The van der Waals surface area contributed by atoms with Gasteiger partial charge in [-0.2, -0.15) is 4.31 Å². The fourth-order valence-corrected chi connectivity index (χ4v) is 4.36. The topological polar surface area (TPSA) is 40.6 Å². The first kappa shape index (κ1) is 16.0. The summed E-state index contributed by atoms with van der Waals surface area (Å²) in [4.78, 5) is 2.64. The van der Waals surface area contributed by atoms with Gasteiger partial charge < -0.3 is 4.90 Å². The van der Waals surface area contributed by atoms with Crippen molar-refractivity contribution in [2.24, 2.45) is 0 Å². The molecule has 0 aromatic heterocycles. The van der Waals surface area contributed by atoms with Crippen LogP contribution in [-0.2, 0) is 10.0 Å². The van der Waals surface area contributed by atoms with Gasteiger partial charge in [0.15, 0.2) is 0 Å². The molecule has 1 fully saturated rings. The molecule has 3 rings (SSSR count). The molecule has 4 nitrogen and oxygen atoms in total. The Bertz CT molecular complexity index is 742. The van der Waals surface area contributed by atoms with Crippen molar-refractivity contribution in [2.45, 2.75) is 18.2 Å². The summed E-state index contributed by atoms with van der Waals surface area (Å²) in [7, 11) is -3.40. The van der Waals surface area contributed by atoms with Crippen molar-refractivity contribution in [1.29, 1.82) is 0 Å². The summed E-state index contributed by atoms with van der Waals surface area (Å²) in [5.41, 5.74) is 2.22. The summed E-state index contributed by atoms with van der Waals surface area (Å²) in [6.07, 6.45) is 0.833. The zero-order chi connectivity index (χ0) is 16.3. The van der Waals surface area contributed by atoms with E-state index in [0.717, 1.165) is 30.8 Å². The second-order valence-corrected chi connectivity index (χ2v) is 7.83. The van der Waals surface area contributed by atoms with E-state index in [0.29, 0.717) is 18.0 Å². The maximum Gasteiger partial charge on any atom is 0.243 e. The minimum Gasteiger partial charge on any atom is -0.370 e. The van der Waals surface area contributed by atoms with Crippen LogP contribution < -0.4 is 4.90 Å². The molecule has 0 unspecified atom stereocenters. The molecule has 5 heteroatoms. The van der Waals surface area contributed by atoms with Crippen molar-refractivity contribution in [3.8, 4) is 0 Å². The molecule has 1 aliphatic rings. The summed E-state index contributed by atoms with van der Waals surface area (Å²) in [6, 6.07) is 17.3. The molecule has 1 saturated heterocycles. The van der Waals surface area contributed by atoms with Gasteiger partial charge >= 0.3 is 0 Å². The van der Waals surface area contributed by atoms with Gasteiger partial charge in [0.05, 0.1) is 4.90 Å². The summed E-state index contributed by atoms with van der Waals surface area (Å²) in [5, 5.41) is 0. The molecule has 0 N–H and O–H groups in total. The zero-order valence-electron chi connectivity index (χ0n) is 13.4. The molecular formula is C18H22N2O2S. The van der Waals surface area contributed by atoms with Crippen molar-refractivity contribution in [1.82, 2.24) is 4.31 Å². The van der Waals surface area contributed by atoms with Gasteiger partial charge in [0.25, 0.3) is 0 Å². The van der Waals surface area contributed by atoms with Gasteiger partial charge in [-0.1, -0.05) is 35.9 Å². The van der Waals surface area contributed by atoms with Crippen LogP contribution in [-0.4, -0.2) is 38.9 Å². The van der Waals surface area contributed by atoms with Gasteiger partial charge in [-0.3, -0.25) is 0 Å². The molecule has 0 radical (unpaired) electrons. The first-order valence-electron chi connectivity index (χ1n) is 7.94. The van der Waals surface area contributed by atoms with Crippen LogP contribution in [0.1, 0.15) is 12.0 Å². The lowest BCUT2D eigenvalue weighted by molar-refractivity contribution is 0.433. The minimum absolute atomic E-state index is 0.385. The predicted octanol–water partition coefficient (Wildman–Crippen LogP) is 2.90. The average Bonchev–Trinajstić information content (AvgIpc) is 2.83. The number of anilines is 1. The smallest absolute Gasteiger partial charge is 0.243 e. The Hall–Kier alpha value is -1.85. The number of rotatable bonds is 3. The van der Waals surface area contributed by atoms with Crippen LogP contribution in [0.3, 0.4) is 0 Å². The molecule has 1 heterocycles. The molecule has 0 amide bonds. The lowest BCUT2D eigenvalue weighted by atomic mass is 10.2. The Balaban J connectivity index is 1.76. The van der Waals surface area contributed by atoms with Crippen LogP contribution in [0.4, 0.5) is 5.69 Å². The highest BCUT2D eigenvalue weighted by Crippen LogP contribution is 2.21. The van der Waals surface area contributed by atoms with E-state index in [9.17, 15) is 8.42 Å². The quantitative estimate of drug-likeness (QED) is 0.869. The molecule has 2 aromatic carbocycles. The van der Waals surface area contributed by atoms with Gasteiger partial charge in [-0.05, 0) is 37.6 Å². The third kappa shape index (κ3) is 3.57. The van der Waals surface area contributed by atoms with Crippen LogP contribution in [0, 0.1) is 6.92 Å². The fraction of sp³-hybridized carbons (Fsp3) is 0.333. The third-order valence-corrected chi connectivity index (χ3v) is 6.15. The Morgan fingerprint density at radius 3 is 2.22 bits per heavy atom. The Labute approximate surface area is 138 Å². The molecule has 1 aliphatic heterocycles. The van der Waals surface area contributed by atoms with Crippen molar-refractivity contribution in [3.05, 3.63) is 60.2 Å². The van der Waals surface area contributed by atoms with Crippen LogP contribution in [0.5, 0.6) is 0 Å². The minimum atomic E-state index is -3.40. The van der Waals surface area contributed by atoms with Gasteiger partial charge in [0, 0.05) is 31.9 Å². The molecule has 122 valence electrons. The van der Waals surface area contributed by atoms with Gasteiger partial charge in [0.1, 0.15) is 0 Å². The van der Waals surface area contributed by atoms with E-state index in [-0.39, 0.29) is 0 Å². The number of sulfonamides is 1. The normalized spacial score (nSPS) is 17.0. The number of aryl methyl sites for hydroxylation is 1. The molecule has 23 heavy (non-hydrogen) atoms. The summed E-state index contributed by atoms with van der Waals surface area (Å²) in [6.45, 7) is 4.64. The van der Waals surface area contributed by atoms with E-state index in [1.807, 2.05) is 37.3 Å². The molecular weight excluding hydrogens is 308 g/mol. The molecule has 0 atom stereocenters. The second kappa shape index (κ2) is 6.72. The summed E-state index contributed by atoms with van der Waals surface area (Å²) in [5.74, 6) is 0. The number of hydrogen-bond donors (Lipinski definition) is 0. The highest BCUT2D eigenvalue weighted by Gasteiger charge is 2.26. The van der Waals surface area contributed by atoms with E-state index in [1.165, 1.54) is 0 Å². The lowest BCUT2D eigenvalue weighted by Crippen LogP contribution is -2.35. The van der Waals surface area contributed by atoms with Gasteiger partial charge in [0.2, 0.25) is 10.0 Å². The summed E-state index contributed by atoms with van der Waals surface area (Å²) < 4.78 is 27.2. The van der Waals surface area contributed by atoms with Gasteiger partial charge in [-0.15, -0.1) is 0 Å². The maximum atomic E-state index is 12.8. The Kier molecular flexibility index (Phi) is 4.68. The van der Waals surface area contributed by atoms with Crippen LogP contribution in [0.2, 0.25) is 0 Å². The van der Waals surface area contributed by atoms with E-state index < -0.39 is 10.0 Å². The van der Waals surface area contributed by atoms with E-state index in [4.69, 9.17) is 0 Å². The van der Waals surface area contributed by atoms with Crippen LogP contribution in [0.15, 0.2) is 59.5 Å². The predicted molar refractivity (Wildman–Crippen MR) is 93.2 cm³/mol. The Morgan fingerprint density at radius 1 is 0.826 bits per heavy atom. The Morgan fingerprint density at radius 2 is 1.52 bits per heavy atom. The highest BCUT2D eigenvalue weighted by molar-refractivity contribution is 7.89. The van der Waals surface area contributed by atoms with Crippen LogP contribution in [0.25, 0.3) is 0 Å². The number of nitrogens with zero attached hydrogens (tertiary/aromatic N) is 2. The molecule has 2 aromatic rings. The number of benzene rings is 2. The standard InChI is InChI=1S/C18H22N2O2S/c1-16-8-10-18(11-9-16)23(21,22)20-13-5-12-19(14-15-20)17-6-3-2-4-7-17/h2-4,6-11H,5,12-15H2,1H3. The second-order valence-electron chi connectivity index (χ2n) is 5.89. The van der Waals surface area contributed by atoms with Crippen molar-refractivity contribution >= 4 is 15.7 Å². The average molecular weight is 330 g/mol. The van der Waals surface area contributed by atoms with Crippen molar-refractivity contribution < 1.29 is 8.42 Å². The molecule has 0 bridgehead atoms. The van der Waals surface area contributed by atoms with Gasteiger partial charge in [-0.25, -0.2) is 8.42 Å². The van der Waals surface area contributed by atoms with E-state index >= 15 is 0 Å². The SMILES string of the molecule is Cc1ccc(S(=O)(=O)N2CCCN(c3ccccc3)CC2)cc1. The molecule has 0 aliphatic carbocycles. The fourth-order valence-electron chi connectivity index (χ4n) is 2.89. The summed E-state index contributed by atoms with van der Waals surface area (Å²) >= 11 is 0. The lowest BCUT2D eigenvalue weighted by Gasteiger charge is -2.23. The number of para-hydroxylation sites is 1.